The highest BCUT2D eigenvalue weighted by molar-refractivity contribution is 7.98. The SMILES string of the molecule is CC(C)N1C(=O)[C@H](CSCc2ccccc2)C[C@H]1CSCc1ccccc1. The Hall–Kier alpha value is -1.39. The van der Waals surface area contributed by atoms with Crippen LogP contribution in [0.15, 0.2) is 60.7 Å². The molecular formula is C23H29NOS2. The Morgan fingerprint density at radius 2 is 1.41 bits per heavy atom. The van der Waals surface area contributed by atoms with Crippen LogP contribution in [0, 0.1) is 5.92 Å². The molecule has 0 saturated carbocycles. The molecule has 1 heterocycles. The number of hydrogen-bond donors (Lipinski definition) is 0. The minimum atomic E-state index is 0.170. The summed E-state index contributed by atoms with van der Waals surface area (Å²) in [5.74, 6) is 4.49. The molecule has 1 aliphatic heterocycles. The highest BCUT2D eigenvalue weighted by atomic mass is 32.2. The van der Waals surface area contributed by atoms with Gasteiger partial charge in [-0.3, -0.25) is 4.79 Å². The highest BCUT2D eigenvalue weighted by Gasteiger charge is 2.40. The quantitative estimate of drug-likeness (QED) is 0.557. The maximum absolute atomic E-state index is 12.9. The first-order valence-corrected chi connectivity index (χ1v) is 12.0. The van der Waals surface area contributed by atoms with Gasteiger partial charge < -0.3 is 4.90 Å². The first-order valence-electron chi connectivity index (χ1n) is 9.70. The lowest BCUT2D eigenvalue weighted by atomic mass is 10.1. The molecule has 0 aromatic heterocycles. The van der Waals surface area contributed by atoms with Gasteiger partial charge in [0.2, 0.25) is 5.91 Å². The fraction of sp³-hybridized carbons (Fsp3) is 0.435. The van der Waals surface area contributed by atoms with E-state index in [-0.39, 0.29) is 12.0 Å². The molecule has 2 aromatic carbocycles. The van der Waals surface area contributed by atoms with Gasteiger partial charge in [0.1, 0.15) is 0 Å². The van der Waals surface area contributed by atoms with Crippen molar-refractivity contribution in [3.05, 3.63) is 71.8 Å². The number of thioether (sulfide) groups is 2. The van der Waals surface area contributed by atoms with Crippen molar-refractivity contribution in [1.29, 1.82) is 0 Å². The number of carbonyl (C=O) groups is 1. The third kappa shape index (κ3) is 5.79. The van der Waals surface area contributed by atoms with E-state index in [1.165, 1.54) is 11.1 Å². The van der Waals surface area contributed by atoms with Gasteiger partial charge in [0.25, 0.3) is 0 Å². The van der Waals surface area contributed by atoms with Gasteiger partial charge in [-0.05, 0) is 31.4 Å². The van der Waals surface area contributed by atoms with Crippen LogP contribution in [0.2, 0.25) is 0 Å². The van der Waals surface area contributed by atoms with E-state index in [2.05, 4.69) is 73.3 Å². The van der Waals surface area contributed by atoms with Crippen molar-refractivity contribution in [3.8, 4) is 0 Å². The Labute approximate surface area is 172 Å². The Balaban J connectivity index is 1.50. The van der Waals surface area contributed by atoms with Crippen LogP contribution in [0.5, 0.6) is 0 Å². The summed E-state index contributed by atoms with van der Waals surface area (Å²) in [5, 5.41) is 0. The zero-order chi connectivity index (χ0) is 19.1. The van der Waals surface area contributed by atoms with Crippen molar-refractivity contribution >= 4 is 29.4 Å². The monoisotopic (exact) mass is 399 g/mol. The van der Waals surface area contributed by atoms with Gasteiger partial charge in [-0.1, -0.05) is 60.7 Å². The standard InChI is InChI=1S/C23H29NOS2/c1-18(2)24-22(17-27-15-20-11-7-4-8-12-20)13-21(23(24)25)16-26-14-19-9-5-3-6-10-19/h3-12,18,21-22H,13-17H2,1-2H3/t21-,22-/m0/s1. The molecule has 0 unspecified atom stereocenters. The minimum Gasteiger partial charge on any atom is -0.336 e. The number of likely N-dealkylation sites (tertiary alicyclic amines) is 1. The molecule has 0 N–H and O–H groups in total. The summed E-state index contributed by atoms with van der Waals surface area (Å²) in [6.45, 7) is 4.29. The van der Waals surface area contributed by atoms with E-state index in [4.69, 9.17) is 0 Å². The van der Waals surface area contributed by atoms with Crippen molar-refractivity contribution < 1.29 is 4.79 Å². The lowest BCUT2D eigenvalue weighted by molar-refractivity contribution is -0.132. The van der Waals surface area contributed by atoms with E-state index in [1.807, 2.05) is 29.6 Å². The highest BCUT2D eigenvalue weighted by Crippen LogP contribution is 2.32. The Bertz CT molecular complexity index is 705. The molecule has 27 heavy (non-hydrogen) atoms. The summed E-state index contributed by atoms with van der Waals surface area (Å²) >= 11 is 3.84. The summed E-state index contributed by atoms with van der Waals surface area (Å²) in [6.07, 6.45) is 1.00. The molecule has 1 amide bonds. The summed E-state index contributed by atoms with van der Waals surface area (Å²) in [7, 11) is 0. The molecule has 1 fully saturated rings. The number of nitrogens with zero attached hydrogens (tertiary/aromatic N) is 1. The average Bonchev–Trinajstić information content (AvgIpc) is 2.99. The number of carbonyl (C=O) groups excluding carboxylic acids is 1. The van der Waals surface area contributed by atoms with Crippen molar-refractivity contribution in [2.45, 2.75) is 43.9 Å². The molecule has 144 valence electrons. The lowest BCUT2D eigenvalue weighted by Crippen LogP contribution is -2.40. The van der Waals surface area contributed by atoms with Crippen LogP contribution < -0.4 is 0 Å². The van der Waals surface area contributed by atoms with Gasteiger partial charge in [-0.25, -0.2) is 0 Å². The Morgan fingerprint density at radius 3 is 1.93 bits per heavy atom. The summed E-state index contributed by atoms with van der Waals surface area (Å²) < 4.78 is 0. The van der Waals surface area contributed by atoms with E-state index in [0.717, 1.165) is 29.4 Å². The second kappa shape index (κ2) is 10.2. The summed E-state index contributed by atoms with van der Waals surface area (Å²) in [5.41, 5.74) is 2.70. The second-order valence-electron chi connectivity index (χ2n) is 7.43. The minimum absolute atomic E-state index is 0.170. The fourth-order valence-corrected chi connectivity index (χ4v) is 5.90. The van der Waals surface area contributed by atoms with E-state index in [1.54, 1.807) is 0 Å². The largest absolute Gasteiger partial charge is 0.336 e. The summed E-state index contributed by atoms with van der Waals surface area (Å²) in [6, 6.07) is 21.8. The Morgan fingerprint density at radius 1 is 0.889 bits per heavy atom. The van der Waals surface area contributed by atoms with Crippen LogP contribution in [0.1, 0.15) is 31.4 Å². The summed E-state index contributed by atoms with van der Waals surface area (Å²) in [4.78, 5) is 15.1. The smallest absolute Gasteiger partial charge is 0.227 e. The molecule has 0 aliphatic carbocycles. The first-order chi connectivity index (χ1) is 13.1. The first kappa shape index (κ1) is 20.3. The molecule has 3 rings (SSSR count). The van der Waals surface area contributed by atoms with Crippen molar-refractivity contribution in [1.82, 2.24) is 4.90 Å². The van der Waals surface area contributed by atoms with Crippen molar-refractivity contribution in [2.75, 3.05) is 11.5 Å². The maximum atomic E-state index is 12.9. The van der Waals surface area contributed by atoms with Crippen LogP contribution >= 0.6 is 23.5 Å². The van der Waals surface area contributed by atoms with E-state index in [9.17, 15) is 4.79 Å². The molecule has 0 bridgehead atoms. The maximum Gasteiger partial charge on any atom is 0.227 e. The predicted molar refractivity (Wildman–Crippen MR) is 119 cm³/mol. The van der Waals surface area contributed by atoms with Crippen LogP contribution in [0.3, 0.4) is 0 Å². The molecule has 0 spiro atoms. The lowest BCUT2D eigenvalue weighted by Gasteiger charge is -2.28. The molecule has 1 aliphatic rings. The second-order valence-corrected chi connectivity index (χ2v) is 9.49. The van der Waals surface area contributed by atoms with Crippen molar-refractivity contribution in [3.63, 3.8) is 0 Å². The van der Waals surface area contributed by atoms with Gasteiger partial charge in [-0.15, -0.1) is 0 Å². The van der Waals surface area contributed by atoms with Gasteiger partial charge in [-0.2, -0.15) is 23.5 Å². The molecule has 2 atom stereocenters. The van der Waals surface area contributed by atoms with Crippen LogP contribution in [-0.2, 0) is 16.3 Å². The van der Waals surface area contributed by atoms with Crippen LogP contribution in [-0.4, -0.2) is 34.4 Å². The third-order valence-electron chi connectivity index (χ3n) is 4.96. The van der Waals surface area contributed by atoms with Crippen LogP contribution in [0.25, 0.3) is 0 Å². The molecule has 2 aromatic rings. The van der Waals surface area contributed by atoms with Crippen molar-refractivity contribution in [2.24, 2.45) is 5.92 Å². The van der Waals surface area contributed by atoms with Gasteiger partial charge in [0.05, 0.1) is 0 Å². The van der Waals surface area contributed by atoms with Gasteiger partial charge in [0, 0.05) is 41.0 Å². The molecule has 2 nitrogen and oxygen atoms in total. The zero-order valence-corrected chi connectivity index (χ0v) is 17.8. The predicted octanol–water partition coefficient (Wildman–Crippen LogP) is 5.48. The number of rotatable bonds is 9. The Kier molecular flexibility index (Phi) is 7.71. The number of benzene rings is 2. The van der Waals surface area contributed by atoms with Gasteiger partial charge >= 0.3 is 0 Å². The van der Waals surface area contributed by atoms with E-state index < -0.39 is 0 Å². The average molecular weight is 400 g/mol. The third-order valence-corrected chi connectivity index (χ3v) is 7.30. The molecule has 0 radical (unpaired) electrons. The van der Waals surface area contributed by atoms with E-state index >= 15 is 0 Å². The van der Waals surface area contributed by atoms with Crippen LogP contribution in [0.4, 0.5) is 0 Å². The number of hydrogen-bond acceptors (Lipinski definition) is 3. The van der Waals surface area contributed by atoms with E-state index in [0.29, 0.717) is 11.9 Å². The topological polar surface area (TPSA) is 20.3 Å². The fourth-order valence-electron chi connectivity index (χ4n) is 3.68. The number of amides is 1. The van der Waals surface area contributed by atoms with Gasteiger partial charge in [0.15, 0.2) is 0 Å². The molecule has 1 saturated heterocycles. The molecule has 4 heteroatoms. The zero-order valence-electron chi connectivity index (χ0n) is 16.2. The molecular weight excluding hydrogens is 370 g/mol. The normalized spacial score (nSPS) is 19.8.